The third-order valence-corrected chi connectivity index (χ3v) is 4.21. The highest BCUT2D eigenvalue weighted by molar-refractivity contribution is 7.17. The number of nitrogen functional groups attached to an aromatic ring is 1. The monoisotopic (exact) mass is 309 g/mol. The SMILES string of the molecule is CN(C(=O)c1sc(N)nc1-c1ccccc1)c1ccccc1. The minimum Gasteiger partial charge on any atom is -0.375 e. The second-order valence-corrected chi connectivity index (χ2v) is 5.83. The summed E-state index contributed by atoms with van der Waals surface area (Å²) in [5.74, 6) is -0.112. The van der Waals surface area contributed by atoms with Crippen molar-refractivity contribution in [2.75, 3.05) is 17.7 Å². The van der Waals surface area contributed by atoms with Crippen LogP contribution in [0.5, 0.6) is 0 Å². The largest absolute Gasteiger partial charge is 0.375 e. The fraction of sp³-hybridized carbons (Fsp3) is 0.0588. The van der Waals surface area contributed by atoms with Gasteiger partial charge in [-0.05, 0) is 12.1 Å². The Bertz CT molecular complexity index is 784. The quantitative estimate of drug-likeness (QED) is 0.803. The molecule has 1 amide bonds. The normalized spacial score (nSPS) is 10.4. The van der Waals surface area contributed by atoms with Gasteiger partial charge in [0.25, 0.3) is 5.91 Å². The maximum atomic E-state index is 12.8. The molecule has 0 aliphatic carbocycles. The van der Waals surface area contributed by atoms with Crippen LogP contribution in [0.15, 0.2) is 60.7 Å². The summed E-state index contributed by atoms with van der Waals surface area (Å²) in [6, 6.07) is 19.1. The first-order valence-electron chi connectivity index (χ1n) is 6.81. The third-order valence-electron chi connectivity index (χ3n) is 3.33. The zero-order chi connectivity index (χ0) is 15.5. The van der Waals surface area contributed by atoms with Gasteiger partial charge in [-0.1, -0.05) is 59.9 Å². The Hall–Kier alpha value is -2.66. The molecular formula is C17H15N3OS. The van der Waals surface area contributed by atoms with E-state index in [1.54, 1.807) is 11.9 Å². The first-order valence-corrected chi connectivity index (χ1v) is 7.63. The Morgan fingerprint density at radius 1 is 1.05 bits per heavy atom. The van der Waals surface area contributed by atoms with E-state index in [9.17, 15) is 4.79 Å². The molecule has 110 valence electrons. The molecule has 0 saturated carbocycles. The molecule has 0 saturated heterocycles. The molecule has 0 atom stereocenters. The minimum atomic E-state index is -0.112. The smallest absolute Gasteiger partial charge is 0.270 e. The van der Waals surface area contributed by atoms with Crippen LogP contribution in [0.2, 0.25) is 0 Å². The molecule has 0 aliphatic rings. The van der Waals surface area contributed by atoms with Crippen molar-refractivity contribution in [2.24, 2.45) is 0 Å². The van der Waals surface area contributed by atoms with Gasteiger partial charge in [0.2, 0.25) is 0 Å². The lowest BCUT2D eigenvalue weighted by atomic mass is 10.1. The summed E-state index contributed by atoms with van der Waals surface area (Å²) in [6.45, 7) is 0. The van der Waals surface area contributed by atoms with E-state index in [0.29, 0.717) is 15.7 Å². The molecule has 4 nitrogen and oxygen atoms in total. The van der Waals surface area contributed by atoms with Gasteiger partial charge >= 0.3 is 0 Å². The van der Waals surface area contributed by atoms with Crippen molar-refractivity contribution in [2.45, 2.75) is 0 Å². The summed E-state index contributed by atoms with van der Waals surface area (Å²) >= 11 is 1.22. The van der Waals surface area contributed by atoms with Crippen molar-refractivity contribution in [3.63, 3.8) is 0 Å². The van der Waals surface area contributed by atoms with E-state index in [2.05, 4.69) is 4.98 Å². The fourth-order valence-corrected chi connectivity index (χ4v) is 3.02. The van der Waals surface area contributed by atoms with Crippen molar-refractivity contribution in [1.29, 1.82) is 0 Å². The van der Waals surface area contributed by atoms with Gasteiger partial charge in [-0.15, -0.1) is 0 Å². The van der Waals surface area contributed by atoms with Crippen LogP contribution in [0.4, 0.5) is 10.8 Å². The van der Waals surface area contributed by atoms with Gasteiger partial charge in [-0.25, -0.2) is 4.98 Å². The Morgan fingerprint density at radius 3 is 2.27 bits per heavy atom. The molecule has 5 heteroatoms. The standard InChI is InChI=1S/C17H15N3OS/c1-20(13-10-6-3-7-11-13)16(21)15-14(19-17(18)22-15)12-8-4-2-5-9-12/h2-11H,1H3,(H2,18,19). The molecule has 1 heterocycles. The van der Waals surface area contributed by atoms with Crippen LogP contribution in [0, 0.1) is 0 Å². The Labute approximate surface area is 132 Å². The predicted molar refractivity (Wildman–Crippen MR) is 91.1 cm³/mol. The van der Waals surface area contributed by atoms with Crippen LogP contribution in [0.1, 0.15) is 9.67 Å². The second-order valence-electron chi connectivity index (χ2n) is 4.80. The number of anilines is 2. The number of thiazole rings is 1. The lowest BCUT2D eigenvalue weighted by molar-refractivity contribution is 0.0997. The number of aromatic nitrogens is 1. The number of benzene rings is 2. The molecule has 0 aliphatic heterocycles. The first kappa shape index (κ1) is 14.3. The minimum absolute atomic E-state index is 0.112. The summed E-state index contributed by atoms with van der Waals surface area (Å²) in [5, 5.41) is 0.392. The van der Waals surface area contributed by atoms with E-state index in [4.69, 9.17) is 5.73 Å². The number of carbonyl (C=O) groups excluding carboxylic acids is 1. The number of carbonyl (C=O) groups is 1. The maximum absolute atomic E-state index is 12.8. The zero-order valence-electron chi connectivity index (χ0n) is 12.1. The number of amides is 1. The lowest BCUT2D eigenvalue weighted by Gasteiger charge is -2.16. The van der Waals surface area contributed by atoms with Gasteiger partial charge in [-0.2, -0.15) is 0 Å². The summed E-state index contributed by atoms with van der Waals surface area (Å²) in [5.41, 5.74) is 8.19. The summed E-state index contributed by atoms with van der Waals surface area (Å²) in [4.78, 5) is 19.3. The van der Waals surface area contributed by atoms with Gasteiger partial charge in [0.15, 0.2) is 5.13 Å². The average Bonchev–Trinajstić information content (AvgIpc) is 2.97. The van der Waals surface area contributed by atoms with Crippen molar-refractivity contribution >= 4 is 28.1 Å². The van der Waals surface area contributed by atoms with E-state index in [1.165, 1.54) is 11.3 Å². The Morgan fingerprint density at radius 2 is 1.64 bits per heavy atom. The molecule has 2 aromatic carbocycles. The number of hydrogen-bond acceptors (Lipinski definition) is 4. The van der Waals surface area contributed by atoms with Crippen molar-refractivity contribution in [3.8, 4) is 11.3 Å². The Kier molecular flexibility index (Phi) is 3.89. The van der Waals surface area contributed by atoms with Crippen LogP contribution >= 0.6 is 11.3 Å². The maximum Gasteiger partial charge on any atom is 0.270 e. The molecule has 3 aromatic rings. The molecule has 0 unspecified atom stereocenters. The molecule has 0 spiro atoms. The van der Waals surface area contributed by atoms with Crippen LogP contribution in [-0.2, 0) is 0 Å². The van der Waals surface area contributed by atoms with Crippen LogP contribution in [-0.4, -0.2) is 17.9 Å². The van der Waals surface area contributed by atoms with Crippen LogP contribution in [0.25, 0.3) is 11.3 Å². The highest BCUT2D eigenvalue weighted by Gasteiger charge is 2.22. The number of nitrogens with zero attached hydrogens (tertiary/aromatic N) is 2. The Balaban J connectivity index is 2.00. The molecular weight excluding hydrogens is 294 g/mol. The number of hydrogen-bond donors (Lipinski definition) is 1. The highest BCUT2D eigenvalue weighted by Crippen LogP contribution is 2.31. The number of para-hydroxylation sites is 1. The zero-order valence-corrected chi connectivity index (χ0v) is 12.9. The van der Waals surface area contributed by atoms with E-state index in [1.807, 2.05) is 60.7 Å². The predicted octanol–water partition coefficient (Wildman–Crippen LogP) is 3.67. The van der Waals surface area contributed by atoms with Gasteiger partial charge in [-0.3, -0.25) is 4.79 Å². The van der Waals surface area contributed by atoms with Gasteiger partial charge in [0.1, 0.15) is 4.88 Å². The lowest BCUT2D eigenvalue weighted by Crippen LogP contribution is -2.25. The van der Waals surface area contributed by atoms with E-state index >= 15 is 0 Å². The van der Waals surface area contributed by atoms with Crippen molar-refractivity contribution < 1.29 is 4.79 Å². The molecule has 0 radical (unpaired) electrons. The van der Waals surface area contributed by atoms with Crippen LogP contribution < -0.4 is 10.6 Å². The summed E-state index contributed by atoms with van der Waals surface area (Å²) in [7, 11) is 1.75. The highest BCUT2D eigenvalue weighted by atomic mass is 32.1. The topological polar surface area (TPSA) is 59.2 Å². The summed E-state index contributed by atoms with van der Waals surface area (Å²) in [6.07, 6.45) is 0. The number of rotatable bonds is 3. The van der Waals surface area contributed by atoms with E-state index < -0.39 is 0 Å². The molecule has 3 rings (SSSR count). The first-order chi connectivity index (χ1) is 10.7. The third kappa shape index (κ3) is 2.71. The fourth-order valence-electron chi connectivity index (χ4n) is 2.19. The number of nitrogens with two attached hydrogens (primary N) is 1. The van der Waals surface area contributed by atoms with Gasteiger partial charge in [0, 0.05) is 18.3 Å². The second kappa shape index (κ2) is 5.99. The van der Waals surface area contributed by atoms with Crippen molar-refractivity contribution in [1.82, 2.24) is 4.98 Å². The van der Waals surface area contributed by atoms with E-state index in [-0.39, 0.29) is 5.91 Å². The molecule has 1 aromatic heterocycles. The molecule has 0 fully saturated rings. The average molecular weight is 309 g/mol. The van der Waals surface area contributed by atoms with Gasteiger partial charge < -0.3 is 10.6 Å². The van der Waals surface area contributed by atoms with Gasteiger partial charge in [0.05, 0.1) is 5.69 Å². The molecule has 22 heavy (non-hydrogen) atoms. The van der Waals surface area contributed by atoms with E-state index in [0.717, 1.165) is 11.3 Å². The summed E-state index contributed by atoms with van der Waals surface area (Å²) < 4.78 is 0. The van der Waals surface area contributed by atoms with Crippen molar-refractivity contribution in [3.05, 3.63) is 65.5 Å². The molecule has 2 N–H and O–H groups in total. The van der Waals surface area contributed by atoms with Crippen LogP contribution in [0.3, 0.4) is 0 Å². The molecule has 0 bridgehead atoms.